The molecule has 2 N–H and O–H groups in total. The fourth-order valence-corrected chi connectivity index (χ4v) is 2.25. The zero-order valence-electron chi connectivity index (χ0n) is 11.3. The third-order valence-corrected chi connectivity index (χ3v) is 3.38. The van der Waals surface area contributed by atoms with Gasteiger partial charge in [0.15, 0.2) is 11.5 Å². The molecule has 23 heavy (non-hydrogen) atoms. The molecule has 0 unspecified atom stereocenters. The summed E-state index contributed by atoms with van der Waals surface area (Å²) in [6.07, 6.45) is 2.64. The van der Waals surface area contributed by atoms with Crippen LogP contribution in [0, 0.1) is 10.1 Å². The second-order valence-corrected chi connectivity index (χ2v) is 4.90. The number of rotatable bonds is 3. The van der Waals surface area contributed by atoms with Crippen LogP contribution >= 0.6 is 11.6 Å². The van der Waals surface area contributed by atoms with E-state index in [0.717, 1.165) is 0 Å². The zero-order valence-corrected chi connectivity index (χ0v) is 12.0. The molecule has 0 atom stereocenters. The molecule has 3 rings (SSSR count). The number of aromatic nitrogens is 2. The highest BCUT2D eigenvalue weighted by Gasteiger charge is 2.19. The molecule has 2 heterocycles. The monoisotopic (exact) mass is 337 g/mol. The number of hydrogen-bond acceptors (Lipinski definition) is 6. The first-order valence-corrected chi connectivity index (χ1v) is 6.61. The molecule has 0 amide bonds. The summed E-state index contributed by atoms with van der Waals surface area (Å²) >= 11 is 6.08. The van der Waals surface area contributed by atoms with Crippen molar-refractivity contribution in [2.45, 2.75) is 0 Å². The van der Waals surface area contributed by atoms with E-state index < -0.39 is 21.9 Å². The van der Waals surface area contributed by atoms with E-state index in [1.165, 1.54) is 12.2 Å². The van der Waals surface area contributed by atoms with Crippen LogP contribution in [0.2, 0.25) is 5.02 Å². The number of benzene rings is 1. The molecule has 0 aliphatic carbocycles. The summed E-state index contributed by atoms with van der Waals surface area (Å²) in [6, 6.07) is 3.12. The Labute approximate surface area is 132 Å². The predicted molar refractivity (Wildman–Crippen MR) is 80.8 cm³/mol. The third kappa shape index (κ3) is 2.81. The Morgan fingerprint density at radius 2 is 1.87 bits per heavy atom. The largest absolute Gasteiger partial charge is 0.454 e. The lowest BCUT2D eigenvalue weighted by atomic mass is 10.1. The number of fused-ring (bicyclic) bond motifs is 1. The smallest absolute Gasteiger partial charge is 0.357 e. The summed E-state index contributed by atoms with van der Waals surface area (Å²) in [5.74, 6) is 0.964. The van der Waals surface area contributed by atoms with E-state index in [9.17, 15) is 19.7 Å². The zero-order chi connectivity index (χ0) is 16.6. The summed E-state index contributed by atoms with van der Waals surface area (Å²) in [7, 11) is 0. The van der Waals surface area contributed by atoms with E-state index in [2.05, 4.69) is 4.98 Å². The highest BCUT2D eigenvalue weighted by atomic mass is 35.5. The molecule has 1 aliphatic heterocycles. The van der Waals surface area contributed by atoms with Gasteiger partial charge in [-0.1, -0.05) is 17.7 Å². The Hall–Kier alpha value is -3.07. The summed E-state index contributed by atoms with van der Waals surface area (Å²) in [6.45, 7) is 0.0751. The van der Waals surface area contributed by atoms with Crippen LogP contribution in [0.1, 0.15) is 11.3 Å². The lowest BCUT2D eigenvalue weighted by Gasteiger charge is -2.01. The van der Waals surface area contributed by atoms with E-state index in [-0.39, 0.29) is 12.5 Å². The molecule has 0 bridgehead atoms. The van der Waals surface area contributed by atoms with E-state index in [1.807, 2.05) is 0 Å². The number of nitrogens with zero attached hydrogens (tertiary/aromatic N) is 1. The van der Waals surface area contributed by atoms with Gasteiger partial charge in [-0.15, -0.1) is 0 Å². The van der Waals surface area contributed by atoms with Crippen LogP contribution in [0.3, 0.4) is 0 Å². The first-order valence-electron chi connectivity index (χ1n) is 6.24. The van der Waals surface area contributed by atoms with Crippen LogP contribution in [0.5, 0.6) is 11.5 Å². The number of halogens is 1. The third-order valence-electron chi connectivity index (χ3n) is 3.05. The Morgan fingerprint density at radius 1 is 1.17 bits per heavy atom. The predicted octanol–water partition coefficient (Wildman–Crippen LogP) is 1.52. The van der Waals surface area contributed by atoms with Gasteiger partial charge in [0.2, 0.25) is 6.79 Å². The van der Waals surface area contributed by atoms with Gasteiger partial charge >= 0.3 is 16.9 Å². The second kappa shape index (κ2) is 5.61. The number of aromatic amines is 2. The molecule has 9 nitrogen and oxygen atoms in total. The van der Waals surface area contributed by atoms with Crippen molar-refractivity contribution in [2.75, 3.05) is 6.79 Å². The Balaban J connectivity index is 2.06. The molecule has 1 aromatic carbocycles. The normalized spacial score (nSPS) is 12.7. The first kappa shape index (κ1) is 14.9. The SMILES string of the molecule is O=c1[nH]c(/C=C/c2cc3c(cc2Cl)OCO3)c([N+](=O)[O-])c(=O)[nH]1. The van der Waals surface area contributed by atoms with Crippen LogP contribution in [-0.4, -0.2) is 21.7 Å². The lowest BCUT2D eigenvalue weighted by Crippen LogP contribution is -2.25. The molecule has 118 valence electrons. The summed E-state index contributed by atoms with van der Waals surface area (Å²) < 4.78 is 10.4. The fourth-order valence-electron chi connectivity index (χ4n) is 2.03. The molecule has 0 saturated carbocycles. The summed E-state index contributed by atoms with van der Waals surface area (Å²) in [5.41, 5.74) is -2.46. The topological polar surface area (TPSA) is 127 Å². The van der Waals surface area contributed by atoms with Gasteiger partial charge in [-0.05, 0) is 17.7 Å². The van der Waals surface area contributed by atoms with Gasteiger partial charge in [-0.3, -0.25) is 19.9 Å². The Kier molecular flexibility index (Phi) is 3.62. The van der Waals surface area contributed by atoms with Gasteiger partial charge in [-0.25, -0.2) is 4.79 Å². The average Bonchev–Trinajstić information content (AvgIpc) is 2.90. The average molecular weight is 338 g/mol. The Morgan fingerprint density at radius 3 is 2.57 bits per heavy atom. The minimum atomic E-state index is -1.09. The highest BCUT2D eigenvalue weighted by molar-refractivity contribution is 6.32. The van der Waals surface area contributed by atoms with E-state index in [1.54, 1.807) is 17.1 Å². The van der Waals surface area contributed by atoms with Gasteiger partial charge in [0.25, 0.3) is 0 Å². The second-order valence-electron chi connectivity index (χ2n) is 4.49. The molecule has 2 aromatic rings. The quantitative estimate of drug-likeness (QED) is 0.645. The van der Waals surface area contributed by atoms with Gasteiger partial charge in [0, 0.05) is 6.07 Å². The number of nitro groups is 1. The molecule has 0 saturated heterocycles. The molecule has 0 spiro atoms. The summed E-state index contributed by atoms with van der Waals surface area (Å²) in [4.78, 5) is 36.9. The van der Waals surface area contributed by atoms with E-state index >= 15 is 0 Å². The molecular formula is C13H8ClN3O6. The van der Waals surface area contributed by atoms with E-state index in [0.29, 0.717) is 22.1 Å². The molecule has 0 radical (unpaired) electrons. The standard InChI is InChI=1S/C13H8ClN3O6/c14-7-4-10-9(22-5-23-10)3-6(7)1-2-8-11(17(20)21)12(18)16-13(19)15-8/h1-4H,5H2,(H2,15,16,18,19)/b2-1+. The number of hydrogen-bond donors (Lipinski definition) is 2. The van der Waals surface area contributed by atoms with Crippen LogP contribution in [0.4, 0.5) is 5.69 Å². The maximum atomic E-state index is 11.5. The van der Waals surface area contributed by atoms with Crippen molar-refractivity contribution in [3.8, 4) is 11.5 Å². The van der Waals surface area contributed by atoms with Crippen molar-refractivity contribution in [1.29, 1.82) is 0 Å². The molecular weight excluding hydrogens is 330 g/mol. The van der Waals surface area contributed by atoms with E-state index in [4.69, 9.17) is 21.1 Å². The van der Waals surface area contributed by atoms with Crippen LogP contribution in [0.25, 0.3) is 12.2 Å². The van der Waals surface area contributed by atoms with Crippen molar-refractivity contribution in [3.63, 3.8) is 0 Å². The number of ether oxygens (including phenoxy) is 2. The number of H-pyrrole nitrogens is 2. The van der Waals surface area contributed by atoms with Crippen molar-refractivity contribution in [1.82, 2.24) is 9.97 Å². The van der Waals surface area contributed by atoms with Gasteiger partial charge in [0.05, 0.1) is 9.95 Å². The van der Waals surface area contributed by atoms with Crippen LogP contribution in [0.15, 0.2) is 21.7 Å². The lowest BCUT2D eigenvalue weighted by molar-refractivity contribution is -0.386. The fraction of sp³-hybridized carbons (Fsp3) is 0.0769. The van der Waals surface area contributed by atoms with Crippen LogP contribution in [-0.2, 0) is 0 Å². The maximum Gasteiger partial charge on any atom is 0.357 e. The first-order chi connectivity index (χ1) is 11.0. The van der Waals surface area contributed by atoms with Gasteiger partial charge < -0.3 is 14.5 Å². The summed E-state index contributed by atoms with van der Waals surface area (Å²) in [5, 5.41) is 11.3. The Bertz CT molecular complexity index is 946. The number of nitrogens with one attached hydrogen (secondary N) is 2. The maximum absolute atomic E-state index is 11.5. The van der Waals surface area contributed by atoms with Gasteiger partial charge in [-0.2, -0.15) is 0 Å². The molecule has 0 fully saturated rings. The molecule has 10 heteroatoms. The molecule has 1 aromatic heterocycles. The van der Waals surface area contributed by atoms with Crippen molar-refractivity contribution < 1.29 is 14.4 Å². The van der Waals surface area contributed by atoms with Gasteiger partial charge in [0.1, 0.15) is 5.69 Å². The minimum absolute atomic E-state index is 0.0751. The highest BCUT2D eigenvalue weighted by Crippen LogP contribution is 2.37. The van der Waals surface area contributed by atoms with Crippen molar-refractivity contribution in [3.05, 3.63) is 59.4 Å². The van der Waals surface area contributed by atoms with Crippen molar-refractivity contribution >= 4 is 29.4 Å². The minimum Gasteiger partial charge on any atom is -0.454 e. The van der Waals surface area contributed by atoms with Crippen LogP contribution < -0.4 is 20.7 Å². The van der Waals surface area contributed by atoms with Crippen molar-refractivity contribution in [2.24, 2.45) is 0 Å². The molecule has 1 aliphatic rings.